The SMILES string of the molecule is COc1cc(C)c2op(Oc3c(C)ccc4c3-c3c(ccc(C)c3Op3oc5c(C)cc(OC)cc5c5cc(OC)cc(C)c5o3)OCCO4)oc3c(C)cc(C=O)cc3c2c1. The first kappa shape index (κ1) is 40.8. The van der Waals surface area contributed by atoms with Crippen molar-refractivity contribution in [2.24, 2.45) is 0 Å². The number of carbonyl (C=O) groups excluding carboxylic acids is 1. The van der Waals surface area contributed by atoms with Gasteiger partial charge in [-0.15, -0.1) is 0 Å². The van der Waals surface area contributed by atoms with Crippen molar-refractivity contribution in [3.05, 3.63) is 112 Å². The molecule has 3 heterocycles. The summed E-state index contributed by atoms with van der Waals surface area (Å²) in [6.45, 7) is 12.2. The van der Waals surface area contributed by atoms with Gasteiger partial charge in [0.25, 0.3) is 0 Å². The Morgan fingerprint density at radius 1 is 0.468 bits per heavy atom. The summed E-state index contributed by atoms with van der Waals surface area (Å²) in [5.41, 5.74) is 8.66. The van der Waals surface area contributed by atoms with E-state index in [0.717, 1.165) is 50.4 Å². The van der Waals surface area contributed by atoms with Gasteiger partial charge in [0, 0.05) is 27.1 Å². The molecule has 318 valence electrons. The number of aryl methyl sites for hydroxylation is 6. The smallest absolute Gasteiger partial charge is 0.453 e. The highest BCUT2D eigenvalue weighted by molar-refractivity contribution is 7.32. The Bertz CT molecular complexity index is 3130. The molecule has 14 heteroatoms. The van der Waals surface area contributed by atoms with E-state index >= 15 is 0 Å². The lowest BCUT2D eigenvalue weighted by molar-refractivity contribution is 0.112. The van der Waals surface area contributed by atoms with E-state index < -0.39 is 16.5 Å². The van der Waals surface area contributed by atoms with Crippen LogP contribution in [0.4, 0.5) is 0 Å². The van der Waals surface area contributed by atoms with Gasteiger partial charge < -0.3 is 49.5 Å². The Labute approximate surface area is 359 Å². The molecular weight excluding hydrogens is 830 g/mol. The van der Waals surface area contributed by atoms with Gasteiger partial charge in [-0.1, -0.05) is 12.1 Å². The molecule has 8 aromatic rings. The first-order chi connectivity index (χ1) is 30.0. The molecule has 0 fully saturated rings. The van der Waals surface area contributed by atoms with Crippen molar-refractivity contribution in [2.45, 2.75) is 41.5 Å². The highest BCUT2D eigenvalue weighted by atomic mass is 31.1. The standard InChI is InChI=1S/C48H44O12P2/c1-25-10-12-39-41(47(25)59-61-55-43-27(3)16-31(24-49)20-35(43)36-21-32(50-7)17-28(4)44(36)56-61)42-40(54-15-14-53-39)13-11-26(2)48(42)60-62-57-45-29(5)18-33(51-8)22-37(45)38-23-34(52-9)19-30(6)46(38)58-62/h10-13,16-24H,14-15H2,1-9H3. The van der Waals surface area contributed by atoms with E-state index in [4.69, 9.17) is 49.5 Å². The summed E-state index contributed by atoms with van der Waals surface area (Å²) in [5, 5.41) is 2.95. The van der Waals surface area contributed by atoms with E-state index in [1.54, 1.807) is 33.5 Å². The van der Waals surface area contributed by atoms with E-state index in [1.807, 2.05) is 102 Å². The normalized spacial score (nSPS) is 12.4. The summed E-state index contributed by atoms with van der Waals surface area (Å²) < 4.78 is 70.7. The molecule has 1 unspecified atom stereocenters. The average molecular weight is 875 g/mol. The number of benzene rings is 6. The van der Waals surface area contributed by atoms with E-state index in [2.05, 4.69) is 0 Å². The lowest BCUT2D eigenvalue weighted by Crippen LogP contribution is -2.13. The highest BCUT2D eigenvalue weighted by Crippen LogP contribution is 2.55. The third kappa shape index (κ3) is 7.23. The van der Waals surface area contributed by atoms with Crippen LogP contribution in [-0.4, -0.2) is 40.8 Å². The van der Waals surface area contributed by atoms with E-state index in [0.29, 0.717) is 90.0 Å². The van der Waals surface area contributed by atoms with Gasteiger partial charge >= 0.3 is 16.5 Å². The Balaban J connectivity index is 1.29. The third-order valence-corrected chi connectivity index (χ3v) is 12.9. The molecule has 0 saturated heterocycles. The number of fused-ring (bicyclic) bond motifs is 9. The minimum atomic E-state index is -2.19. The van der Waals surface area contributed by atoms with Crippen LogP contribution < -0.4 is 32.7 Å². The second-order valence-electron chi connectivity index (χ2n) is 15.2. The van der Waals surface area contributed by atoms with Gasteiger partial charge in [-0.05, 0) is 136 Å². The molecule has 2 aromatic heterocycles. The number of carbonyl (C=O) groups is 1. The number of methoxy groups -OCH3 is 3. The van der Waals surface area contributed by atoms with Crippen molar-refractivity contribution >= 4 is 66.6 Å². The summed E-state index contributed by atoms with van der Waals surface area (Å²) >= 11 is 0. The van der Waals surface area contributed by atoms with Crippen LogP contribution in [0.1, 0.15) is 43.7 Å². The van der Waals surface area contributed by atoms with Crippen LogP contribution in [0.3, 0.4) is 0 Å². The van der Waals surface area contributed by atoms with Gasteiger partial charge in [0.2, 0.25) is 0 Å². The highest BCUT2D eigenvalue weighted by Gasteiger charge is 2.29. The number of hydrogen-bond donors (Lipinski definition) is 0. The second-order valence-corrected chi connectivity index (χ2v) is 17.1. The van der Waals surface area contributed by atoms with E-state index in [9.17, 15) is 4.79 Å². The largest absolute Gasteiger partial charge is 0.497 e. The van der Waals surface area contributed by atoms with Gasteiger partial charge in [-0.25, -0.2) is 0 Å². The molecule has 0 N–H and O–H groups in total. The fourth-order valence-electron chi connectivity index (χ4n) is 7.88. The molecule has 0 saturated carbocycles. The molecule has 0 aliphatic carbocycles. The predicted molar refractivity (Wildman–Crippen MR) is 241 cm³/mol. The first-order valence-corrected chi connectivity index (χ1v) is 22.0. The molecule has 0 radical (unpaired) electrons. The lowest BCUT2D eigenvalue weighted by atomic mass is 9.96. The molecule has 12 nitrogen and oxygen atoms in total. The van der Waals surface area contributed by atoms with Crippen LogP contribution in [0.2, 0.25) is 0 Å². The van der Waals surface area contributed by atoms with Crippen molar-refractivity contribution < 1.29 is 54.3 Å². The zero-order valence-corrected chi connectivity index (χ0v) is 37.5. The molecule has 1 aliphatic heterocycles. The number of rotatable bonds is 8. The molecule has 0 amide bonds. The molecule has 1 aliphatic rings. The molecule has 0 spiro atoms. The van der Waals surface area contributed by atoms with Crippen molar-refractivity contribution in [3.8, 4) is 51.4 Å². The van der Waals surface area contributed by atoms with Crippen LogP contribution in [-0.2, 0) is 0 Å². The third-order valence-electron chi connectivity index (χ3n) is 10.9. The van der Waals surface area contributed by atoms with Crippen molar-refractivity contribution in [3.63, 3.8) is 0 Å². The van der Waals surface area contributed by atoms with E-state index in [-0.39, 0.29) is 13.2 Å². The van der Waals surface area contributed by atoms with Gasteiger partial charge in [0.1, 0.15) is 70.6 Å². The fraction of sp³-hybridized carbons (Fsp3) is 0.229. The summed E-state index contributed by atoms with van der Waals surface area (Å²) in [6.07, 6.45) is 0.817. The maximum absolute atomic E-state index is 12.1. The maximum atomic E-state index is 12.1. The lowest BCUT2D eigenvalue weighted by Gasteiger charge is -2.24. The van der Waals surface area contributed by atoms with Gasteiger partial charge in [0.05, 0.1) is 32.5 Å². The number of aldehydes is 1. The predicted octanol–water partition coefficient (Wildman–Crippen LogP) is 13.7. The summed E-state index contributed by atoms with van der Waals surface area (Å²) in [7, 11) is 0.536. The monoisotopic (exact) mass is 874 g/mol. The minimum Gasteiger partial charge on any atom is -0.497 e. The van der Waals surface area contributed by atoms with Crippen LogP contribution in [0.5, 0.6) is 40.2 Å². The van der Waals surface area contributed by atoms with Crippen LogP contribution in [0.15, 0.2) is 89.6 Å². The summed E-state index contributed by atoms with van der Waals surface area (Å²) in [6, 6.07) is 22.7. The van der Waals surface area contributed by atoms with Crippen LogP contribution in [0, 0.1) is 41.5 Å². The van der Waals surface area contributed by atoms with E-state index in [1.165, 1.54) is 0 Å². The molecule has 1 atom stereocenters. The number of hydrogen-bond acceptors (Lipinski definition) is 12. The van der Waals surface area contributed by atoms with Gasteiger partial charge in [-0.2, -0.15) is 0 Å². The average Bonchev–Trinajstić information content (AvgIpc) is 3.52. The molecular formula is C48H44O12P2. The Hall–Kier alpha value is -6.61. The zero-order chi connectivity index (χ0) is 43.4. The molecule has 6 aromatic carbocycles. The zero-order valence-electron chi connectivity index (χ0n) is 35.7. The first-order valence-electron chi connectivity index (χ1n) is 19.9. The van der Waals surface area contributed by atoms with Crippen LogP contribution in [0.25, 0.3) is 55.0 Å². The Morgan fingerprint density at radius 3 is 1.18 bits per heavy atom. The van der Waals surface area contributed by atoms with Crippen molar-refractivity contribution in [1.82, 2.24) is 0 Å². The topological polar surface area (TPSA) is 134 Å². The number of ether oxygens (including phenoxy) is 5. The maximum Gasteiger partial charge on any atom is 0.453 e. The molecule has 62 heavy (non-hydrogen) atoms. The van der Waals surface area contributed by atoms with Crippen molar-refractivity contribution in [2.75, 3.05) is 34.5 Å². The quantitative estimate of drug-likeness (QED) is 0.134. The summed E-state index contributed by atoms with van der Waals surface area (Å²) in [5.74, 6) is 3.95. The Morgan fingerprint density at radius 2 is 0.823 bits per heavy atom. The molecule has 9 rings (SSSR count). The fourth-order valence-corrected chi connectivity index (χ4v) is 10.4. The second kappa shape index (κ2) is 16.3. The summed E-state index contributed by atoms with van der Waals surface area (Å²) in [4.78, 5) is 12.1. The van der Waals surface area contributed by atoms with Crippen molar-refractivity contribution in [1.29, 1.82) is 0 Å². The minimum absolute atomic E-state index is 0.277. The van der Waals surface area contributed by atoms with Crippen LogP contribution >= 0.6 is 16.5 Å². The van der Waals surface area contributed by atoms with Gasteiger partial charge in [-0.3, -0.25) is 4.79 Å². The molecule has 0 bridgehead atoms. The Kier molecular flexibility index (Phi) is 10.8. The van der Waals surface area contributed by atoms with Gasteiger partial charge in [0.15, 0.2) is 11.5 Å².